The molecule has 0 spiro atoms. The summed E-state index contributed by atoms with van der Waals surface area (Å²) in [5.74, 6) is 0.0195. The van der Waals surface area contributed by atoms with Crippen LogP contribution in [0.4, 0.5) is 5.69 Å². The van der Waals surface area contributed by atoms with Crippen molar-refractivity contribution in [3.05, 3.63) is 69.8 Å². The minimum Gasteiger partial charge on any atom is -0.336 e. The maximum absolute atomic E-state index is 12.7. The number of amides is 2. The molecule has 1 N–H and O–H groups in total. The van der Waals surface area contributed by atoms with Crippen LogP contribution in [0, 0.1) is 10.1 Å². The maximum atomic E-state index is 12.7. The first-order valence-electron chi connectivity index (χ1n) is 10.2. The second-order valence-electron chi connectivity index (χ2n) is 7.63. The van der Waals surface area contributed by atoms with Crippen LogP contribution < -0.4 is 5.43 Å². The Balaban J connectivity index is 1.92. The average molecular weight is 422 g/mol. The van der Waals surface area contributed by atoms with Gasteiger partial charge in [-0.25, -0.2) is 5.01 Å². The highest BCUT2D eigenvalue weighted by molar-refractivity contribution is 5.94. The molecule has 2 aromatic carbocycles. The summed E-state index contributed by atoms with van der Waals surface area (Å²) in [4.78, 5) is 36.3. The van der Waals surface area contributed by atoms with E-state index in [-0.39, 0.29) is 22.4 Å². The number of hydrogen-bond donors (Lipinski definition) is 1. The van der Waals surface area contributed by atoms with E-state index in [0.29, 0.717) is 43.7 Å². The molecule has 0 saturated carbocycles. The highest BCUT2D eigenvalue weighted by Gasteiger charge is 2.22. The van der Waals surface area contributed by atoms with Gasteiger partial charge in [0.2, 0.25) is 12.3 Å². The third-order valence-corrected chi connectivity index (χ3v) is 5.36. The summed E-state index contributed by atoms with van der Waals surface area (Å²) in [6.45, 7) is 6.16. The van der Waals surface area contributed by atoms with Crippen molar-refractivity contribution < 1.29 is 14.5 Å². The van der Waals surface area contributed by atoms with E-state index >= 15 is 0 Å². The number of carbonyl (C=O) groups is 2. The number of hydrogen-bond acceptors (Lipinski definition) is 5. The first-order valence-corrected chi connectivity index (χ1v) is 10.2. The van der Waals surface area contributed by atoms with Crippen LogP contribution in [-0.4, -0.2) is 53.3 Å². The van der Waals surface area contributed by atoms with E-state index in [1.54, 1.807) is 28.1 Å². The predicted octanol–water partition coefficient (Wildman–Crippen LogP) is 3.20. The number of nitrogens with one attached hydrogen (secondary N) is 1. The van der Waals surface area contributed by atoms with Crippen molar-refractivity contribution in [1.29, 1.82) is 0 Å². The average Bonchev–Trinajstić information content (AvgIpc) is 2.77. The van der Waals surface area contributed by atoms with Gasteiger partial charge in [0.25, 0.3) is 5.69 Å². The molecule has 31 heavy (non-hydrogen) atoms. The van der Waals surface area contributed by atoms with Crippen LogP contribution in [0.15, 0.2) is 48.5 Å². The molecule has 1 saturated heterocycles. The van der Waals surface area contributed by atoms with Crippen LogP contribution in [0.2, 0.25) is 0 Å². The molecule has 1 heterocycles. The molecule has 8 heteroatoms. The van der Waals surface area contributed by atoms with Crippen LogP contribution in [0.1, 0.15) is 30.9 Å². The van der Waals surface area contributed by atoms with Crippen molar-refractivity contribution in [3.8, 4) is 11.1 Å². The number of nitro benzene ring substituents is 1. The molecule has 2 amide bonds. The normalized spacial score (nSPS) is 14.7. The molecule has 0 aromatic heterocycles. The van der Waals surface area contributed by atoms with Crippen LogP contribution in [-0.2, 0) is 9.59 Å². The topological polar surface area (TPSA) is 95.8 Å². The van der Waals surface area contributed by atoms with E-state index in [1.807, 2.05) is 38.1 Å². The summed E-state index contributed by atoms with van der Waals surface area (Å²) in [5.41, 5.74) is 5.55. The van der Waals surface area contributed by atoms with E-state index in [1.165, 1.54) is 12.1 Å². The lowest BCUT2D eigenvalue weighted by atomic mass is 9.89. The monoisotopic (exact) mass is 422 g/mol. The summed E-state index contributed by atoms with van der Waals surface area (Å²) in [6, 6.07) is 12.6. The lowest BCUT2D eigenvalue weighted by molar-refractivity contribution is -0.384. The zero-order valence-corrected chi connectivity index (χ0v) is 17.7. The van der Waals surface area contributed by atoms with Gasteiger partial charge in [-0.2, -0.15) is 0 Å². The van der Waals surface area contributed by atoms with Gasteiger partial charge in [-0.05, 0) is 28.7 Å². The zero-order chi connectivity index (χ0) is 22.4. The summed E-state index contributed by atoms with van der Waals surface area (Å²) in [7, 11) is 0. The van der Waals surface area contributed by atoms with Crippen molar-refractivity contribution in [2.24, 2.45) is 0 Å². The van der Waals surface area contributed by atoms with E-state index < -0.39 is 0 Å². The Labute approximate surface area is 181 Å². The number of carbonyl (C=O) groups excluding carboxylic acids is 2. The molecule has 1 aliphatic heterocycles. The maximum Gasteiger partial charge on any atom is 0.277 e. The Morgan fingerprint density at radius 1 is 1.10 bits per heavy atom. The fraction of sp³-hybridized carbons (Fsp3) is 0.304. The van der Waals surface area contributed by atoms with Gasteiger partial charge in [0.15, 0.2) is 0 Å². The summed E-state index contributed by atoms with van der Waals surface area (Å²) < 4.78 is 0. The van der Waals surface area contributed by atoms with Gasteiger partial charge in [-0.15, -0.1) is 0 Å². The molecular formula is C23H26N4O4. The minimum atomic E-state index is -0.384. The van der Waals surface area contributed by atoms with Crippen molar-refractivity contribution in [3.63, 3.8) is 0 Å². The highest BCUT2D eigenvalue weighted by atomic mass is 16.6. The standard InChI is InChI=1S/C23H26N4O4/c1-17(2)19-7-3-4-8-20(19)23-18(6-5-9-21(23)27(30)31)10-11-22(29)25-12-14-26(15-13-25)24-16-28/h3-11,16-17H,12-15H2,1-2H3,(H,24,28)/b11-10+. The Hall–Kier alpha value is -3.52. The fourth-order valence-corrected chi connectivity index (χ4v) is 3.77. The molecule has 0 unspecified atom stereocenters. The molecule has 0 radical (unpaired) electrons. The molecule has 8 nitrogen and oxygen atoms in total. The Kier molecular flexibility index (Phi) is 7.15. The quantitative estimate of drug-likeness (QED) is 0.320. The van der Waals surface area contributed by atoms with Crippen LogP contribution in [0.5, 0.6) is 0 Å². The van der Waals surface area contributed by atoms with Gasteiger partial charge >= 0.3 is 0 Å². The first-order chi connectivity index (χ1) is 14.9. The van der Waals surface area contributed by atoms with Gasteiger partial charge < -0.3 is 4.90 Å². The molecule has 0 aliphatic carbocycles. The van der Waals surface area contributed by atoms with Gasteiger partial charge in [0.1, 0.15) is 0 Å². The van der Waals surface area contributed by atoms with E-state index in [9.17, 15) is 19.7 Å². The Morgan fingerprint density at radius 3 is 2.45 bits per heavy atom. The number of nitrogens with zero attached hydrogens (tertiary/aromatic N) is 3. The van der Waals surface area contributed by atoms with Gasteiger partial charge in [-0.3, -0.25) is 25.1 Å². The van der Waals surface area contributed by atoms with Gasteiger partial charge in [0, 0.05) is 38.3 Å². The summed E-state index contributed by atoms with van der Waals surface area (Å²) in [6.07, 6.45) is 3.73. The molecule has 2 aromatic rings. The largest absolute Gasteiger partial charge is 0.336 e. The predicted molar refractivity (Wildman–Crippen MR) is 119 cm³/mol. The third kappa shape index (κ3) is 5.16. The van der Waals surface area contributed by atoms with E-state index in [2.05, 4.69) is 5.43 Å². The van der Waals surface area contributed by atoms with Gasteiger partial charge in [0.05, 0.1) is 10.5 Å². The number of hydrazine groups is 1. The number of piperazine rings is 1. The fourth-order valence-electron chi connectivity index (χ4n) is 3.77. The molecule has 1 fully saturated rings. The van der Waals surface area contributed by atoms with Crippen molar-refractivity contribution in [1.82, 2.24) is 15.3 Å². The van der Waals surface area contributed by atoms with Crippen molar-refractivity contribution >= 4 is 24.1 Å². The SMILES string of the molecule is CC(C)c1ccccc1-c1c(/C=C/C(=O)N2CCN(NC=O)CC2)cccc1[N+](=O)[O-]. The zero-order valence-electron chi connectivity index (χ0n) is 17.7. The van der Waals surface area contributed by atoms with Crippen molar-refractivity contribution in [2.45, 2.75) is 19.8 Å². The Morgan fingerprint density at radius 2 is 1.81 bits per heavy atom. The van der Waals surface area contributed by atoms with Crippen LogP contribution >= 0.6 is 0 Å². The molecule has 0 atom stereocenters. The summed E-state index contributed by atoms with van der Waals surface area (Å²) in [5, 5.41) is 13.5. The van der Waals surface area contributed by atoms with E-state index in [0.717, 1.165) is 11.1 Å². The molecule has 0 bridgehead atoms. The highest BCUT2D eigenvalue weighted by Crippen LogP contribution is 2.38. The van der Waals surface area contributed by atoms with Crippen LogP contribution in [0.25, 0.3) is 17.2 Å². The van der Waals surface area contributed by atoms with Crippen molar-refractivity contribution in [2.75, 3.05) is 26.2 Å². The number of rotatable bonds is 7. The molecule has 1 aliphatic rings. The van der Waals surface area contributed by atoms with E-state index in [4.69, 9.17) is 0 Å². The Bertz CT molecular complexity index is 995. The number of nitro groups is 1. The third-order valence-electron chi connectivity index (χ3n) is 5.36. The molecule has 162 valence electrons. The first kappa shape index (κ1) is 22.2. The molecular weight excluding hydrogens is 396 g/mol. The lowest BCUT2D eigenvalue weighted by Gasteiger charge is -2.33. The molecule has 3 rings (SSSR count). The van der Waals surface area contributed by atoms with Gasteiger partial charge in [-0.1, -0.05) is 50.2 Å². The lowest BCUT2D eigenvalue weighted by Crippen LogP contribution is -2.52. The van der Waals surface area contributed by atoms with Crippen LogP contribution in [0.3, 0.4) is 0 Å². The number of benzene rings is 2. The second-order valence-corrected chi connectivity index (χ2v) is 7.63. The summed E-state index contributed by atoms with van der Waals surface area (Å²) >= 11 is 0. The minimum absolute atomic E-state index is 0.0104. The second kappa shape index (κ2) is 9.99. The smallest absolute Gasteiger partial charge is 0.277 e.